The second-order valence-corrected chi connectivity index (χ2v) is 9.30. The number of imidazole rings is 1. The number of benzene rings is 3. The predicted molar refractivity (Wildman–Crippen MR) is 131 cm³/mol. The van der Waals surface area contributed by atoms with Crippen LogP contribution in [0.25, 0.3) is 22.4 Å². The number of hydrogen-bond donors (Lipinski definition) is 0. The van der Waals surface area contributed by atoms with Crippen molar-refractivity contribution in [2.45, 2.75) is 51.0 Å². The number of alkyl halides is 2. The highest BCUT2D eigenvalue weighted by Crippen LogP contribution is 2.38. The molecule has 172 valence electrons. The van der Waals surface area contributed by atoms with Gasteiger partial charge in [-0.3, -0.25) is 0 Å². The van der Waals surface area contributed by atoms with Gasteiger partial charge in [-0.2, -0.15) is 5.26 Å². The first-order valence-corrected chi connectivity index (χ1v) is 11.9. The van der Waals surface area contributed by atoms with E-state index in [1.54, 1.807) is 0 Å². The number of aromatic nitrogens is 2. The Bertz CT molecular complexity index is 1320. The molecule has 1 aromatic heterocycles. The van der Waals surface area contributed by atoms with Gasteiger partial charge in [-0.05, 0) is 67.0 Å². The molecule has 0 bridgehead atoms. The maximum atomic E-state index is 13.7. The molecule has 1 heterocycles. The molecule has 0 spiro atoms. The number of hydrogen-bond acceptors (Lipinski definition) is 2. The number of aryl methyl sites for hydroxylation is 2. The molecule has 34 heavy (non-hydrogen) atoms. The minimum atomic E-state index is -2.52. The third-order valence-electron chi connectivity index (χ3n) is 6.96. The van der Waals surface area contributed by atoms with Crippen molar-refractivity contribution >= 4 is 11.0 Å². The van der Waals surface area contributed by atoms with Gasteiger partial charge in [0.2, 0.25) is 5.92 Å². The van der Waals surface area contributed by atoms with Crippen LogP contribution in [0.1, 0.15) is 42.4 Å². The number of nitrogens with zero attached hydrogens (tertiary/aromatic N) is 3. The van der Waals surface area contributed by atoms with E-state index >= 15 is 0 Å². The number of para-hydroxylation sites is 2. The minimum Gasteiger partial charge on any atom is -0.324 e. The van der Waals surface area contributed by atoms with E-state index in [4.69, 9.17) is 10.2 Å². The molecule has 0 unspecified atom stereocenters. The van der Waals surface area contributed by atoms with E-state index in [9.17, 15) is 8.78 Å². The second-order valence-electron chi connectivity index (χ2n) is 9.30. The average Bonchev–Trinajstić information content (AvgIpc) is 3.22. The second kappa shape index (κ2) is 9.38. The SMILES string of the molecule is N#Cc1ccc(CCc2ccccc2-c2nc3ccccc3n2CC2CCC(F)(F)CC2)cc1. The van der Waals surface area contributed by atoms with Crippen molar-refractivity contribution in [1.82, 2.24) is 9.55 Å². The fraction of sp³-hybridized carbons (Fsp3) is 0.310. The van der Waals surface area contributed by atoms with Gasteiger partial charge in [0.15, 0.2) is 0 Å². The highest BCUT2D eigenvalue weighted by Gasteiger charge is 2.35. The van der Waals surface area contributed by atoms with Gasteiger partial charge in [-0.25, -0.2) is 13.8 Å². The van der Waals surface area contributed by atoms with E-state index in [-0.39, 0.29) is 18.8 Å². The third-order valence-corrected chi connectivity index (χ3v) is 6.96. The summed E-state index contributed by atoms with van der Waals surface area (Å²) < 4.78 is 29.7. The van der Waals surface area contributed by atoms with Crippen molar-refractivity contribution < 1.29 is 8.78 Å². The Kier molecular flexibility index (Phi) is 6.15. The molecule has 1 fully saturated rings. The minimum absolute atomic E-state index is 0.0270. The molecular weight excluding hydrogens is 428 g/mol. The number of rotatable bonds is 6. The molecule has 5 rings (SSSR count). The van der Waals surface area contributed by atoms with Crippen LogP contribution in [0.5, 0.6) is 0 Å². The Morgan fingerprint density at radius 3 is 2.38 bits per heavy atom. The van der Waals surface area contributed by atoms with E-state index in [2.05, 4.69) is 28.8 Å². The van der Waals surface area contributed by atoms with Crippen LogP contribution in [-0.4, -0.2) is 15.5 Å². The van der Waals surface area contributed by atoms with E-state index in [0.29, 0.717) is 24.9 Å². The van der Waals surface area contributed by atoms with Crippen molar-refractivity contribution in [2.24, 2.45) is 5.92 Å². The number of fused-ring (bicyclic) bond motifs is 1. The van der Waals surface area contributed by atoms with Gasteiger partial charge in [-0.1, -0.05) is 48.5 Å². The number of nitriles is 1. The van der Waals surface area contributed by atoms with Crippen molar-refractivity contribution in [3.05, 3.63) is 89.5 Å². The van der Waals surface area contributed by atoms with Crippen LogP contribution in [-0.2, 0) is 19.4 Å². The Labute approximate surface area is 198 Å². The van der Waals surface area contributed by atoms with Gasteiger partial charge in [0, 0.05) is 24.9 Å². The molecule has 0 amide bonds. The van der Waals surface area contributed by atoms with E-state index in [1.165, 1.54) is 11.1 Å². The Morgan fingerprint density at radius 1 is 0.912 bits per heavy atom. The largest absolute Gasteiger partial charge is 0.324 e. The van der Waals surface area contributed by atoms with Crippen LogP contribution in [0.2, 0.25) is 0 Å². The summed E-state index contributed by atoms with van der Waals surface area (Å²) in [6.45, 7) is 0.704. The summed E-state index contributed by atoms with van der Waals surface area (Å²) in [5, 5.41) is 9.03. The molecule has 4 aromatic rings. The molecule has 3 aromatic carbocycles. The Hall–Kier alpha value is -3.52. The average molecular weight is 456 g/mol. The van der Waals surface area contributed by atoms with Gasteiger partial charge in [-0.15, -0.1) is 0 Å². The molecular formula is C29H27F2N3. The highest BCUT2D eigenvalue weighted by atomic mass is 19.3. The summed E-state index contributed by atoms with van der Waals surface area (Å²) in [6, 6.07) is 26.3. The number of halogens is 2. The lowest BCUT2D eigenvalue weighted by Gasteiger charge is -2.29. The van der Waals surface area contributed by atoms with Crippen LogP contribution < -0.4 is 0 Å². The highest BCUT2D eigenvalue weighted by molar-refractivity contribution is 5.81. The summed E-state index contributed by atoms with van der Waals surface area (Å²) in [4.78, 5) is 4.99. The first kappa shape index (κ1) is 22.3. The van der Waals surface area contributed by atoms with Crippen LogP contribution in [0.15, 0.2) is 72.8 Å². The fourth-order valence-electron chi connectivity index (χ4n) is 4.99. The van der Waals surface area contributed by atoms with E-state index < -0.39 is 5.92 Å². The van der Waals surface area contributed by atoms with Gasteiger partial charge < -0.3 is 4.57 Å². The molecule has 5 heteroatoms. The van der Waals surface area contributed by atoms with Crippen LogP contribution in [0.3, 0.4) is 0 Å². The normalized spacial score (nSPS) is 15.9. The van der Waals surface area contributed by atoms with E-state index in [0.717, 1.165) is 35.3 Å². The van der Waals surface area contributed by atoms with Gasteiger partial charge in [0.25, 0.3) is 0 Å². The summed E-state index contributed by atoms with van der Waals surface area (Å²) in [7, 11) is 0. The lowest BCUT2D eigenvalue weighted by molar-refractivity contribution is -0.0471. The van der Waals surface area contributed by atoms with Crippen LogP contribution in [0, 0.1) is 17.2 Å². The molecule has 1 saturated carbocycles. The molecule has 0 aliphatic heterocycles. The zero-order valence-corrected chi connectivity index (χ0v) is 19.1. The molecule has 0 radical (unpaired) electrons. The van der Waals surface area contributed by atoms with Crippen molar-refractivity contribution in [3.8, 4) is 17.5 Å². The van der Waals surface area contributed by atoms with Crippen molar-refractivity contribution in [3.63, 3.8) is 0 Å². The lowest BCUT2D eigenvalue weighted by Crippen LogP contribution is -2.27. The zero-order valence-electron chi connectivity index (χ0n) is 19.1. The first-order chi connectivity index (χ1) is 16.5. The van der Waals surface area contributed by atoms with E-state index in [1.807, 2.05) is 54.6 Å². The zero-order chi connectivity index (χ0) is 23.5. The first-order valence-electron chi connectivity index (χ1n) is 11.9. The molecule has 0 atom stereocenters. The lowest BCUT2D eigenvalue weighted by atomic mass is 9.86. The summed E-state index contributed by atoms with van der Waals surface area (Å²) >= 11 is 0. The molecule has 0 N–H and O–H groups in total. The van der Waals surface area contributed by atoms with Gasteiger partial charge in [0.1, 0.15) is 5.82 Å². The molecule has 3 nitrogen and oxygen atoms in total. The maximum Gasteiger partial charge on any atom is 0.248 e. The predicted octanol–water partition coefficient (Wildman–Crippen LogP) is 7.19. The Morgan fingerprint density at radius 2 is 1.62 bits per heavy atom. The standard InChI is InChI=1S/C29H27F2N3/c30-29(31)17-15-23(16-18-29)20-34-27-8-4-3-7-26(27)33-28(34)25-6-2-1-5-24(25)14-13-21-9-11-22(19-32)12-10-21/h1-12,23H,13-18,20H2. The smallest absolute Gasteiger partial charge is 0.248 e. The van der Waals surface area contributed by atoms with Gasteiger partial charge >= 0.3 is 0 Å². The Balaban J connectivity index is 1.46. The maximum absolute atomic E-state index is 13.7. The summed E-state index contributed by atoms with van der Waals surface area (Å²) in [5.41, 5.74) is 6.13. The van der Waals surface area contributed by atoms with Crippen molar-refractivity contribution in [1.29, 1.82) is 5.26 Å². The summed E-state index contributed by atoms with van der Waals surface area (Å²) in [6.07, 6.45) is 2.74. The van der Waals surface area contributed by atoms with Crippen molar-refractivity contribution in [2.75, 3.05) is 0 Å². The topological polar surface area (TPSA) is 41.6 Å². The fourth-order valence-corrected chi connectivity index (χ4v) is 4.99. The molecule has 1 aliphatic carbocycles. The third kappa shape index (κ3) is 4.72. The van der Waals surface area contributed by atoms with Gasteiger partial charge in [0.05, 0.1) is 22.7 Å². The monoisotopic (exact) mass is 455 g/mol. The van der Waals surface area contributed by atoms with Crippen LogP contribution in [0.4, 0.5) is 8.78 Å². The van der Waals surface area contributed by atoms with Crippen LogP contribution >= 0.6 is 0 Å². The summed E-state index contributed by atoms with van der Waals surface area (Å²) in [5.74, 6) is -1.38. The molecule has 1 aliphatic rings. The molecule has 0 saturated heterocycles. The quantitative estimate of drug-likeness (QED) is 0.309.